The van der Waals surface area contributed by atoms with Crippen molar-refractivity contribution in [3.63, 3.8) is 0 Å². The Morgan fingerprint density at radius 1 is 1.04 bits per heavy atom. The number of hydrogen-bond donors (Lipinski definition) is 1. The molecule has 0 bridgehead atoms. The molecule has 2 heterocycles. The lowest BCUT2D eigenvalue weighted by Gasteiger charge is -2.35. The number of hydrogen-bond acceptors (Lipinski definition) is 3. The standard InChI is InChI=1S/C23H35N3O2/c1-17-11-18(2)14-25(13-17)15-21-8-6-20(7-9-21)12-24-23(28)22-5-4-10-26(16-22)19(3)27/h6-9,17-18,22H,4-5,10-16H2,1-3H3,(H,24,28). The van der Waals surface area contributed by atoms with Gasteiger partial charge in [-0.05, 0) is 42.2 Å². The second-order valence-electron chi connectivity index (χ2n) is 8.98. The van der Waals surface area contributed by atoms with Crippen LogP contribution in [0.2, 0.25) is 0 Å². The number of piperidine rings is 2. The van der Waals surface area contributed by atoms with Crippen molar-refractivity contribution in [2.75, 3.05) is 26.2 Å². The third kappa shape index (κ3) is 5.81. The monoisotopic (exact) mass is 385 g/mol. The van der Waals surface area contributed by atoms with Gasteiger partial charge in [0.2, 0.25) is 11.8 Å². The van der Waals surface area contributed by atoms with E-state index in [1.165, 1.54) is 25.1 Å². The van der Waals surface area contributed by atoms with Gasteiger partial charge in [-0.2, -0.15) is 0 Å². The summed E-state index contributed by atoms with van der Waals surface area (Å²) in [6.45, 7) is 11.5. The molecule has 3 unspecified atom stereocenters. The predicted molar refractivity (Wildman–Crippen MR) is 111 cm³/mol. The maximum absolute atomic E-state index is 12.5. The number of amides is 2. The Balaban J connectivity index is 1.46. The lowest BCUT2D eigenvalue weighted by Crippen LogP contribution is -2.44. The molecule has 2 fully saturated rings. The fraction of sp³-hybridized carbons (Fsp3) is 0.652. The van der Waals surface area contributed by atoms with E-state index >= 15 is 0 Å². The minimum Gasteiger partial charge on any atom is -0.352 e. The van der Waals surface area contributed by atoms with Gasteiger partial charge >= 0.3 is 0 Å². The minimum atomic E-state index is -0.0833. The van der Waals surface area contributed by atoms with Crippen LogP contribution in [0.25, 0.3) is 0 Å². The number of benzene rings is 1. The first kappa shape index (κ1) is 20.8. The number of nitrogens with one attached hydrogen (secondary N) is 1. The van der Waals surface area contributed by atoms with Crippen LogP contribution in [0.15, 0.2) is 24.3 Å². The van der Waals surface area contributed by atoms with Crippen LogP contribution in [-0.2, 0) is 22.7 Å². The Kier molecular flexibility index (Phi) is 7.11. The van der Waals surface area contributed by atoms with Gasteiger partial charge in [-0.15, -0.1) is 0 Å². The molecule has 2 aliphatic rings. The van der Waals surface area contributed by atoms with Crippen molar-refractivity contribution in [3.05, 3.63) is 35.4 Å². The van der Waals surface area contributed by atoms with Gasteiger partial charge in [0.1, 0.15) is 0 Å². The summed E-state index contributed by atoms with van der Waals surface area (Å²) >= 11 is 0. The molecule has 0 aliphatic carbocycles. The van der Waals surface area contributed by atoms with Gasteiger partial charge < -0.3 is 10.2 Å². The van der Waals surface area contributed by atoms with E-state index < -0.39 is 0 Å². The zero-order chi connectivity index (χ0) is 20.1. The van der Waals surface area contributed by atoms with Gasteiger partial charge in [0.15, 0.2) is 0 Å². The fourth-order valence-electron chi connectivity index (χ4n) is 4.75. The molecule has 0 radical (unpaired) electrons. The van der Waals surface area contributed by atoms with Gasteiger partial charge in [0, 0.05) is 46.2 Å². The third-order valence-corrected chi connectivity index (χ3v) is 6.08. The van der Waals surface area contributed by atoms with E-state index in [0.717, 1.165) is 43.3 Å². The van der Waals surface area contributed by atoms with Crippen molar-refractivity contribution in [1.82, 2.24) is 15.1 Å². The smallest absolute Gasteiger partial charge is 0.225 e. The highest BCUT2D eigenvalue weighted by Crippen LogP contribution is 2.22. The van der Waals surface area contributed by atoms with E-state index in [1.54, 1.807) is 11.8 Å². The first-order chi connectivity index (χ1) is 13.4. The van der Waals surface area contributed by atoms with Crippen molar-refractivity contribution >= 4 is 11.8 Å². The molecule has 2 amide bonds. The summed E-state index contributed by atoms with van der Waals surface area (Å²) < 4.78 is 0. The van der Waals surface area contributed by atoms with E-state index in [9.17, 15) is 9.59 Å². The van der Waals surface area contributed by atoms with E-state index in [0.29, 0.717) is 13.1 Å². The Morgan fingerprint density at radius 3 is 2.32 bits per heavy atom. The van der Waals surface area contributed by atoms with Crippen LogP contribution in [0.1, 0.15) is 51.2 Å². The summed E-state index contributed by atoms with van der Waals surface area (Å²) in [5, 5.41) is 3.05. The van der Waals surface area contributed by atoms with E-state index in [2.05, 4.69) is 48.3 Å². The molecule has 2 saturated heterocycles. The summed E-state index contributed by atoms with van der Waals surface area (Å²) in [4.78, 5) is 28.4. The maximum atomic E-state index is 12.5. The largest absolute Gasteiger partial charge is 0.352 e. The molecule has 5 heteroatoms. The van der Waals surface area contributed by atoms with Gasteiger partial charge in [-0.25, -0.2) is 0 Å². The van der Waals surface area contributed by atoms with Gasteiger partial charge in [-0.1, -0.05) is 38.1 Å². The molecule has 1 aromatic rings. The number of carbonyl (C=O) groups is 2. The quantitative estimate of drug-likeness (QED) is 0.848. The van der Waals surface area contributed by atoms with Crippen LogP contribution in [-0.4, -0.2) is 47.8 Å². The number of carbonyl (C=O) groups excluding carboxylic acids is 2. The minimum absolute atomic E-state index is 0.0607. The predicted octanol–water partition coefficient (Wildman–Crippen LogP) is 3.04. The molecule has 28 heavy (non-hydrogen) atoms. The topological polar surface area (TPSA) is 52.7 Å². The summed E-state index contributed by atoms with van der Waals surface area (Å²) in [5.74, 6) is 1.59. The van der Waals surface area contributed by atoms with Crippen LogP contribution in [0, 0.1) is 17.8 Å². The average molecular weight is 386 g/mol. The van der Waals surface area contributed by atoms with Gasteiger partial charge in [-0.3, -0.25) is 14.5 Å². The van der Waals surface area contributed by atoms with Crippen molar-refractivity contribution in [1.29, 1.82) is 0 Å². The molecular formula is C23H35N3O2. The zero-order valence-corrected chi connectivity index (χ0v) is 17.6. The number of likely N-dealkylation sites (tertiary alicyclic amines) is 2. The Labute approximate surface area is 169 Å². The highest BCUT2D eigenvalue weighted by molar-refractivity contribution is 5.80. The van der Waals surface area contributed by atoms with Crippen molar-refractivity contribution in [2.24, 2.45) is 17.8 Å². The molecule has 3 atom stereocenters. The maximum Gasteiger partial charge on any atom is 0.225 e. The number of nitrogens with zero attached hydrogens (tertiary/aromatic N) is 2. The molecule has 5 nitrogen and oxygen atoms in total. The Hall–Kier alpha value is -1.88. The second-order valence-corrected chi connectivity index (χ2v) is 8.98. The van der Waals surface area contributed by atoms with E-state index in [-0.39, 0.29) is 17.7 Å². The Bertz CT molecular complexity index is 663. The zero-order valence-electron chi connectivity index (χ0n) is 17.6. The summed E-state index contributed by atoms with van der Waals surface area (Å²) in [7, 11) is 0. The molecule has 3 rings (SSSR count). The van der Waals surface area contributed by atoms with Crippen LogP contribution in [0.4, 0.5) is 0 Å². The van der Waals surface area contributed by atoms with Crippen LogP contribution in [0.5, 0.6) is 0 Å². The molecular weight excluding hydrogens is 350 g/mol. The van der Waals surface area contributed by atoms with Gasteiger partial charge in [0.25, 0.3) is 0 Å². The number of rotatable bonds is 5. The molecule has 154 valence electrons. The summed E-state index contributed by atoms with van der Waals surface area (Å²) in [6.07, 6.45) is 3.10. The van der Waals surface area contributed by atoms with Gasteiger partial charge in [0.05, 0.1) is 5.92 Å². The first-order valence-electron chi connectivity index (χ1n) is 10.7. The lowest BCUT2D eigenvalue weighted by molar-refractivity contribution is -0.134. The van der Waals surface area contributed by atoms with Crippen molar-refractivity contribution < 1.29 is 9.59 Å². The fourth-order valence-corrected chi connectivity index (χ4v) is 4.75. The SMILES string of the molecule is CC(=O)N1CCCC(C(=O)NCc2ccc(CN3CC(C)CC(C)C3)cc2)C1. The first-order valence-corrected chi connectivity index (χ1v) is 10.7. The normalized spacial score (nSPS) is 26.1. The Morgan fingerprint density at radius 2 is 1.68 bits per heavy atom. The molecule has 0 aromatic heterocycles. The van der Waals surface area contributed by atoms with Crippen LogP contribution in [0.3, 0.4) is 0 Å². The van der Waals surface area contributed by atoms with Crippen molar-refractivity contribution in [2.45, 2.75) is 53.1 Å². The highest BCUT2D eigenvalue weighted by Gasteiger charge is 2.26. The lowest BCUT2D eigenvalue weighted by atomic mass is 9.91. The third-order valence-electron chi connectivity index (χ3n) is 6.08. The summed E-state index contributed by atoms with van der Waals surface area (Å²) in [6, 6.07) is 8.61. The van der Waals surface area contributed by atoms with E-state index in [1.807, 2.05) is 0 Å². The molecule has 0 saturated carbocycles. The molecule has 2 aliphatic heterocycles. The molecule has 1 N–H and O–H groups in total. The summed E-state index contributed by atoms with van der Waals surface area (Å²) in [5.41, 5.74) is 2.46. The van der Waals surface area contributed by atoms with Crippen molar-refractivity contribution in [3.8, 4) is 0 Å². The van der Waals surface area contributed by atoms with Crippen LogP contribution < -0.4 is 5.32 Å². The van der Waals surface area contributed by atoms with Crippen LogP contribution >= 0.6 is 0 Å². The molecule has 1 aromatic carbocycles. The molecule has 0 spiro atoms. The second kappa shape index (κ2) is 9.55. The highest BCUT2D eigenvalue weighted by atomic mass is 16.2. The van der Waals surface area contributed by atoms with E-state index in [4.69, 9.17) is 0 Å². The average Bonchev–Trinajstić information content (AvgIpc) is 2.66.